The molecule has 2 amide bonds. The molecule has 0 aliphatic rings. The van der Waals surface area contributed by atoms with Gasteiger partial charge in [-0.05, 0) is 46.7 Å². The third-order valence-corrected chi connectivity index (χ3v) is 4.09. The van der Waals surface area contributed by atoms with Crippen molar-refractivity contribution in [3.05, 3.63) is 76.4 Å². The minimum absolute atomic E-state index is 0.185. The maximum Gasteiger partial charge on any atom is 0.322 e. The Kier molecular flexibility index (Phi) is 4.90. The van der Waals surface area contributed by atoms with Crippen LogP contribution in [0.25, 0.3) is 0 Å². The molecule has 0 saturated heterocycles. The normalized spacial score (nSPS) is 10.6. The smallest absolute Gasteiger partial charge is 0.322 e. The first-order chi connectivity index (χ1) is 11.6. The van der Waals surface area contributed by atoms with E-state index in [0.717, 1.165) is 17.7 Å². The molecule has 0 bridgehead atoms. The Morgan fingerprint density at radius 3 is 2.54 bits per heavy atom. The number of rotatable bonds is 5. The molecule has 24 heavy (non-hydrogen) atoms. The Labute approximate surface area is 141 Å². The minimum Gasteiger partial charge on any atom is -0.467 e. The van der Waals surface area contributed by atoms with Gasteiger partial charge >= 0.3 is 6.03 Å². The first-order valence-electron chi connectivity index (χ1n) is 7.17. The predicted molar refractivity (Wildman–Crippen MR) is 87.7 cm³/mol. The summed E-state index contributed by atoms with van der Waals surface area (Å²) in [6.07, 6.45) is 1.51. The number of amides is 2. The Hall–Kier alpha value is -2.67. The van der Waals surface area contributed by atoms with Crippen LogP contribution in [-0.2, 0) is 13.1 Å². The summed E-state index contributed by atoms with van der Waals surface area (Å²) in [5.41, 5.74) is 0.466. The lowest BCUT2D eigenvalue weighted by molar-refractivity contribution is 0.201. The number of hydrogen-bond donors (Lipinski definition) is 1. The van der Waals surface area contributed by atoms with E-state index in [1.807, 2.05) is 16.8 Å². The van der Waals surface area contributed by atoms with E-state index >= 15 is 0 Å². The summed E-state index contributed by atoms with van der Waals surface area (Å²) in [6, 6.07) is 8.15. The van der Waals surface area contributed by atoms with Gasteiger partial charge in [0.1, 0.15) is 23.1 Å². The van der Waals surface area contributed by atoms with Gasteiger partial charge in [0.15, 0.2) is 0 Å². The Bertz CT molecular complexity index is 748. The topological polar surface area (TPSA) is 45.5 Å². The van der Waals surface area contributed by atoms with Crippen molar-refractivity contribution in [2.75, 3.05) is 5.32 Å². The molecule has 124 valence electrons. The van der Waals surface area contributed by atoms with E-state index in [1.165, 1.54) is 28.6 Å². The van der Waals surface area contributed by atoms with Crippen molar-refractivity contribution in [3.63, 3.8) is 0 Å². The van der Waals surface area contributed by atoms with Crippen molar-refractivity contribution in [1.82, 2.24) is 4.90 Å². The molecule has 2 heterocycles. The summed E-state index contributed by atoms with van der Waals surface area (Å²) >= 11 is 1.51. The number of para-hydroxylation sites is 1. The van der Waals surface area contributed by atoms with Gasteiger partial charge in [-0.25, -0.2) is 13.6 Å². The van der Waals surface area contributed by atoms with Crippen molar-refractivity contribution in [2.24, 2.45) is 0 Å². The molecule has 1 N–H and O–H groups in total. The molecule has 7 heteroatoms. The molecule has 0 unspecified atom stereocenters. The number of halogens is 2. The van der Waals surface area contributed by atoms with Gasteiger partial charge in [0.2, 0.25) is 0 Å². The van der Waals surface area contributed by atoms with Crippen molar-refractivity contribution < 1.29 is 18.0 Å². The van der Waals surface area contributed by atoms with E-state index < -0.39 is 23.4 Å². The number of thiophene rings is 1. The summed E-state index contributed by atoms with van der Waals surface area (Å²) in [5.74, 6) is -1.07. The van der Waals surface area contributed by atoms with Gasteiger partial charge in [-0.2, -0.15) is 11.3 Å². The second-order valence-electron chi connectivity index (χ2n) is 5.09. The van der Waals surface area contributed by atoms with Gasteiger partial charge in [-0.3, -0.25) is 0 Å². The molecule has 0 atom stereocenters. The molecule has 4 nitrogen and oxygen atoms in total. The van der Waals surface area contributed by atoms with Crippen molar-refractivity contribution in [1.29, 1.82) is 0 Å². The van der Waals surface area contributed by atoms with Gasteiger partial charge in [0.05, 0.1) is 12.8 Å². The van der Waals surface area contributed by atoms with Gasteiger partial charge in [-0.1, -0.05) is 6.07 Å². The molecule has 2 aromatic heterocycles. The van der Waals surface area contributed by atoms with Crippen molar-refractivity contribution >= 4 is 23.1 Å². The second-order valence-corrected chi connectivity index (χ2v) is 5.87. The van der Waals surface area contributed by atoms with E-state index in [1.54, 1.807) is 12.1 Å². The number of furan rings is 1. The number of nitrogens with zero attached hydrogens (tertiary/aromatic N) is 1. The number of carbonyl (C=O) groups is 1. The van der Waals surface area contributed by atoms with Crippen LogP contribution in [0.4, 0.5) is 19.3 Å². The Morgan fingerprint density at radius 2 is 1.92 bits per heavy atom. The van der Waals surface area contributed by atoms with Crippen LogP contribution >= 0.6 is 11.3 Å². The molecule has 1 aromatic carbocycles. The van der Waals surface area contributed by atoms with E-state index in [2.05, 4.69) is 5.32 Å². The number of carbonyl (C=O) groups excluding carboxylic acids is 1. The quantitative estimate of drug-likeness (QED) is 0.716. The lowest BCUT2D eigenvalue weighted by atomic mass is 10.3. The van der Waals surface area contributed by atoms with Gasteiger partial charge < -0.3 is 14.6 Å². The SMILES string of the molecule is O=C(Nc1c(F)cccc1F)N(Cc1ccsc1)Cc1ccco1. The summed E-state index contributed by atoms with van der Waals surface area (Å²) in [4.78, 5) is 13.9. The highest BCUT2D eigenvalue weighted by Crippen LogP contribution is 2.20. The Morgan fingerprint density at radius 1 is 1.12 bits per heavy atom. The molecule has 0 spiro atoms. The molecule has 0 aliphatic carbocycles. The van der Waals surface area contributed by atoms with E-state index in [-0.39, 0.29) is 6.54 Å². The first kappa shape index (κ1) is 16.2. The van der Waals surface area contributed by atoms with E-state index in [4.69, 9.17) is 4.42 Å². The lowest BCUT2D eigenvalue weighted by Gasteiger charge is -2.22. The average molecular weight is 348 g/mol. The number of urea groups is 1. The van der Waals surface area contributed by atoms with Gasteiger partial charge in [0, 0.05) is 6.54 Å². The fraction of sp³-hybridized carbons (Fsp3) is 0.118. The maximum absolute atomic E-state index is 13.7. The molecule has 0 saturated carbocycles. The second kappa shape index (κ2) is 7.27. The third-order valence-electron chi connectivity index (χ3n) is 3.36. The summed E-state index contributed by atoms with van der Waals surface area (Å²) in [7, 11) is 0. The number of benzene rings is 1. The van der Waals surface area contributed by atoms with Crippen LogP contribution in [0.2, 0.25) is 0 Å². The minimum atomic E-state index is -0.822. The number of nitrogens with one attached hydrogen (secondary N) is 1. The van der Waals surface area contributed by atoms with Crippen LogP contribution in [0, 0.1) is 11.6 Å². The Balaban J connectivity index is 1.79. The summed E-state index contributed by atoms with van der Waals surface area (Å²) in [5, 5.41) is 6.11. The molecule has 0 radical (unpaired) electrons. The summed E-state index contributed by atoms with van der Waals surface area (Å²) < 4.78 is 32.7. The van der Waals surface area contributed by atoms with Gasteiger partial charge in [-0.15, -0.1) is 0 Å². The number of anilines is 1. The summed E-state index contributed by atoms with van der Waals surface area (Å²) in [6.45, 7) is 0.483. The largest absolute Gasteiger partial charge is 0.467 e. The molecule has 0 aliphatic heterocycles. The monoisotopic (exact) mass is 348 g/mol. The maximum atomic E-state index is 13.7. The predicted octanol–water partition coefficient (Wildman–Crippen LogP) is 4.85. The van der Waals surface area contributed by atoms with E-state index in [0.29, 0.717) is 12.3 Å². The van der Waals surface area contributed by atoms with Crippen LogP contribution in [0.3, 0.4) is 0 Å². The van der Waals surface area contributed by atoms with Crippen molar-refractivity contribution in [2.45, 2.75) is 13.1 Å². The van der Waals surface area contributed by atoms with Crippen LogP contribution in [0.15, 0.2) is 57.8 Å². The fourth-order valence-electron chi connectivity index (χ4n) is 2.20. The molecule has 3 rings (SSSR count). The molecular formula is C17H14F2N2O2S. The highest BCUT2D eigenvalue weighted by molar-refractivity contribution is 7.07. The zero-order valence-corrected chi connectivity index (χ0v) is 13.4. The molecule has 3 aromatic rings. The first-order valence-corrected chi connectivity index (χ1v) is 8.11. The third kappa shape index (κ3) is 3.80. The highest BCUT2D eigenvalue weighted by atomic mass is 32.1. The zero-order valence-electron chi connectivity index (χ0n) is 12.5. The van der Waals surface area contributed by atoms with Gasteiger partial charge in [0.25, 0.3) is 0 Å². The average Bonchev–Trinajstić information content (AvgIpc) is 3.24. The lowest BCUT2D eigenvalue weighted by Crippen LogP contribution is -2.34. The standard InChI is InChI=1S/C17H14F2N2O2S/c18-14-4-1-5-15(19)16(14)20-17(22)21(9-12-6-8-24-11-12)10-13-3-2-7-23-13/h1-8,11H,9-10H2,(H,20,22). The number of hydrogen-bond acceptors (Lipinski definition) is 3. The van der Waals surface area contributed by atoms with Crippen molar-refractivity contribution in [3.8, 4) is 0 Å². The van der Waals surface area contributed by atoms with E-state index in [9.17, 15) is 13.6 Å². The van der Waals surface area contributed by atoms with Crippen LogP contribution in [0.5, 0.6) is 0 Å². The van der Waals surface area contributed by atoms with Crippen LogP contribution < -0.4 is 5.32 Å². The molecular weight excluding hydrogens is 334 g/mol. The van der Waals surface area contributed by atoms with Crippen LogP contribution in [0.1, 0.15) is 11.3 Å². The molecule has 0 fully saturated rings. The fourth-order valence-corrected chi connectivity index (χ4v) is 2.86. The van der Waals surface area contributed by atoms with Crippen LogP contribution in [-0.4, -0.2) is 10.9 Å². The highest BCUT2D eigenvalue weighted by Gasteiger charge is 2.19. The zero-order chi connectivity index (χ0) is 16.9.